The van der Waals surface area contributed by atoms with E-state index in [9.17, 15) is 9.59 Å². The molecule has 0 bridgehead atoms. The van der Waals surface area contributed by atoms with Gasteiger partial charge in [0.05, 0.1) is 5.69 Å². The molecule has 0 aliphatic heterocycles. The number of benzene rings is 1. The van der Waals surface area contributed by atoms with Crippen LogP contribution >= 0.6 is 0 Å². The molecule has 1 aromatic carbocycles. The average Bonchev–Trinajstić information content (AvgIpc) is 2.72. The summed E-state index contributed by atoms with van der Waals surface area (Å²) in [7, 11) is 0. The lowest BCUT2D eigenvalue weighted by molar-refractivity contribution is 0.0936. The van der Waals surface area contributed by atoms with Crippen molar-refractivity contribution in [2.45, 2.75) is 26.4 Å². The van der Waals surface area contributed by atoms with E-state index >= 15 is 0 Å². The number of nitrogens with zero attached hydrogens (tertiary/aromatic N) is 2. The Bertz CT molecular complexity index is 1020. The largest absolute Gasteiger partial charge is 0.399 e. The standard InChI is InChI=1S/C22H23N5O2/c1-14(2)26-22(29)20-8-4-7-19(27-20)21(28)25-13-15-9-10-18(24-12-15)16-5-3-6-17(23)11-16/h3-12,14H,13,23H2,1-2H3,(H,25,28)(H,26,29). The first-order chi connectivity index (χ1) is 13.9. The first-order valence-corrected chi connectivity index (χ1v) is 9.29. The van der Waals surface area contributed by atoms with Gasteiger partial charge in [-0.3, -0.25) is 14.6 Å². The molecule has 7 nitrogen and oxygen atoms in total. The first-order valence-electron chi connectivity index (χ1n) is 9.29. The van der Waals surface area contributed by atoms with Crippen LogP contribution in [-0.4, -0.2) is 27.8 Å². The zero-order chi connectivity index (χ0) is 20.8. The van der Waals surface area contributed by atoms with Gasteiger partial charge in [0, 0.05) is 30.0 Å². The van der Waals surface area contributed by atoms with Gasteiger partial charge in [0.25, 0.3) is 11.8 Å². The number of carbonyl (C=O) groups excluding carboxylic acids is 2. The molecular formula is C22H23N5O2. The van der Waals surface area contributed by atoms with Gasteiger partial charge in [-0.1, -0.05) is 24.3 Å². The topological polar surface area (TPSA) is 110 Å². The van der Waals surface area contributed by atoms with E-state index < -0.39 is 0 Å². The van der Waals surface area contributed by atoms with Crippen LogP contribution < -0.4 is 16.4 Å². The van der Waals surface area contributed by atoms with Crippen molar-refractivity contribution in [2.24, 2.45) is 0 Å². The van der Waals surface area contributed by atoms with Crippen LogP contribution in [-0.2, 0) is 6.54 Å². The Morgan fingerprint density at radius 2 is 1.72 bits per heavy atom. The first kappa shape index (κ1) is 20.0. The van der Waals surface area contributed by atoms with Gasteiger partial charge in [0.2, 0.25) is 0 Å². The van der Waals surface area contributed by atoms with Crippen molar-refractivity contribution >= 4 is 17.5 Å². The number of nitrogen functional groups attached to an aromatic ring is 1. The molecule has 0 atom stereocenters. The predicted octanol–water partition coefficient (Wildman–Crippen LogP) is 2.79. The number of nitrogens with one attached hydrogen (secondary N) is 2. The maximum atomic E-state index is 12.4. The number of rotatable bonds is 6. The summed E-state index contributed by atoms with van der Waals surface area (Å²) < 4.78 is 0. The van der Waals surface area contributed by atoms with Crippen LogP contribution in [0, 0.1) is 0 Å². The molecule has 0 radical (unpaired) electrons. The fraction of sp³-hybridized carbons (Fsp3) is 0.182. The zero-order valence-electron chi connectivity index (χ0n) is 16.3. The Morgan fingerprint density at radius 3 is 2.38 bits per heavy atom. The smallest absolute Gasteiger partial charge is 0.270 e. The highest BCUT2D eigenvalue weighted by Gasteiger charge is 2.13. The summed E-state index contributed by atoms with van der Waals surface area (Å²) in [6.07, 6.45) is 1.71. The van der Waals surface area contributed by atoms with Gasteiger partial charge in [-0.15, -0.1) is 0 Å². The van der Waals surface area contributed by atoms with Crippen LogP contribution in [0.2, 0.25) is 0 Å². The number of amides is 2. The number of nitrogens with two attached hydrogens (primary N) is 1. The predicted molar refractivity (Wildman–Crippen MR) is 112 cm³/mol. The van der Waals surface area contributed by atoms with Crippen LogP contribution in [0.3, 0.4) is 0 Å². The average molecular weight is 389 g/mol. The summed E-state index contributed by atoms with van der Waals surface area (Å²) in [5.74, 6) is -0.667. The molecule has 0 spiro atoms. The molecule has 0 saturated heterocycles. The van der Waals surface area contributed by atoms with Crippen LogP contribution in [0.15, 0.2) is 60.8 Å². The number of pyridine rings is 2. The minimum atomic E-state index is -0.357. The number of anilines is 1. The van der Waals surface area contributed by atoms with E-state index in [-0.39, 0.29) is 29.2 Å². The lowest BCUT2D eigenvalue weighted by atomic mass is 10.1. The molecule has 0 aliphatic carbocycles. The summed E-state index contributed by atoms with van der Waals surface area (Å²) in [4.78, 5) is 33.0. The van der Waals surface area contributed by atoms with E-state index in [1.54, 1.807) is 24.4 Å². The van der Waals surface area contributed by atoms with E-state index in [0.29, 0.717) is 12.2 Å². The molecular weight excluding hydrogens is 366 g/mol. The third kappa shape index (κ3) is 5.38. The third-order valence-electron chi connectivity index (χ3n) is 4.09. The fourth-order valence-corrected chi connectivity index (χ4v) is 2.69. The number of aromatic nitrogens is 2. The second-order valence-electron chi connectivity index (χ2n) is 6.90. The lowest BCUT2D eigenvalue weighted by Crippen LogP contribution is -2.31. The SMILES string of the molecule is CC(C)NC(=O)c1cccc(C(=O)NCc2ccc(-c3cccc(N)c3)nc2)n1. The van der Waals surface area contributed by atoms with Gasteiger partial charge in [-0.25, -0.2) is 4.98 Å². The molecule has 2 heterocycles. The van der Waals surface area contributed by atoms with Crippen molar-refractivity contribution in [1.29, 1.82) is 0 Å². The monoisotopic (exact) mass is 389 g/mol. The van der Waals surface area contributed by atoms with E-state index in [2.05, 4.69) is 20.6 Å². The summed E-state index contributed by atoms with van der Waals surface area (Å²) in [6.45, 7) is 4.02. The summed E-state index contributed by atoms with van der Waals surface area (Å²) >= 11 is 0. The normalized spacial score (nSPS) is 10.6. The van der Waals surface area contributed by atoms with E-state index in [1.165, 1.54) is 0 Å². The van der Waals surface area contributed by atoms with Crippen molar-refractivity contribution in [1.82, 2.24) is 20.6 Å². The summed E-state index contributed by atoms with van der Waals surface area (Å²) in [5, 5.41) is 5.55. The highest BCUT2D eigenvalue weighted by Crippen LogP contribution is 2.19. The Labute approximate surface area is 169 Å². The minimum absolute atomic E-state index is 0.00965. The maximum absolute atomic E-state index is 12.4. The van der Waals surface area contributed by atoms with Crippen LogP contribution in [0.1, 0.15) is 40.4 Å². The Kier molecular flexibility index (Phi) is 6.19. The van der Waals surface area contributed by atoms with Gasteiger partial charge >= 0.3 is 0 Å². The third-order valence-corrected chi connectivity index (χ3v) is 4.09. The maximum Gasteiger partial charge on any atom is 0.270 e. The Balaban J connectivity index is 1.63. The quantitative estimate of drug-likeness (QED) is 0.562. The molecule has 0 saturated carbocycles. The van der Waals surface area contributed by atoms with Gasteiger partial charge in [-0.2, -0.15) is 0 Å². The molecule has 0 aliphatic rings. The molecule has 4 N–H and O–H groups in total. The van der Waals surface area contributed by atoms with Gasteiger partial charge in [0.1, 0.15) is 11.4 Å². The molecule has 2 amide bonds. The molecule has 0 unspecified atom stereocenters. The molecule has 2 aromatic heterocycles. The van der Waals surface area contributed by atoms with Crippen molar-refractivity contribution in [3.63, 3.8) is 0 Å². The number of hydrogen-bond donors (Lipinski definition) is 3. The zero-order valence-corrected chi connectivity index (χ0v) is 16.3. The molecule has 148 valence electrons. The minimum Gasteiger partial charge on any atom is -0.399 e. The lowest BCUT2D eigenvalue weighted by Gasteiger charge is -2.09. The van der Waals surface area contributed by atoms with Crippen molar-refractivity contribution in [3.05, 3.63) is 77.7 Å². The number of hydrogen-bond acceptors (Lipinski definition) is 5. The summed E-state index contributed by atoms with van der Waals surface area (Å²) in [6, 6.07) is 16.1. The highest BCUT2D eigenvalue weighted by atomic mass is 16.2. The van der Waals surface area contributed by atoms with Crippen molar-refractivity contribution < 1.29 is 9.59 Å². The van der Waals surface area contributed by atoms with Gasteiger partial charge in [-0.05, 0) is 49.7 Å². The van der Waals surface area contributed by atoms with Crippen LogP contribution in [0.25, 0.3) is 11.3 Å². The van der Waals surface area contributed by atoms with Crippen LogP contribution in [0.5, 0.6) is 0 Å². The second kappa shape index (κ2) is 8.97. The second-order valence-corrected chi connectivity index (χ2v) is 6.90. The molecule has 3 rings (SSSR count). The molecule has 0 fully saturated rings. The van der Waals surface area contributed by atoms with Gasteiger partial charge < -0.3 is 16.4 Å². The van der Waals surface area contributed by atoms with Crippen LogP contribution in [0.4, 0.5) is 5.69 Å². The van der Waals surface area contributed by atoms with Crippen molar-refractivity contribution in [2.75, 3.05) is 5.73 Å². The fourth-order valence-electron chi connectivity index (χ4n) is 2.69. The molecule has 3 aromatic rings. The van der Waals surface area contributed by atoms with E-state index in [1.807, 2.05) is 50.2 Å². The molecule has 7 heteroatoms. The summed E-state index contributed by atoms with van der Waals surface area (Å²) in [5.41, 5.74) is 9.46. The Morgan fingerprint density at radius 1 is 1.00 bits per heavy atom. The van der Waals surface area contributed by atoms with Gasteiger partial charge in [0.15, 0.2) is 0 Å². The Hall–Kier alpha value is -3.74. The van der Waals surface area contributed by atoms with Crippen molar-refractivity contribution in [3.8, 4) is 11.3 Å². The highest BCUT2D eigenvalue weighted by molar-refractivity contribution is 5.96. The van der Waals surface area contributed by atoms with E-state index in [0.717, 1.165) is 16.8 Å². The van der Waals surface area contributed by atoms with E-state index in [4.69, 9.17) is 5.73 Å². The molecule has 29 heavy (non-hydrogen) atoms. The number of carbonyl (C=O) groups is 2.